The van der Waals surface area contributed by atoms with Crippen molar-refractivity contribution < 1.29 is 25.9 Å². The first-order valence-electron chi connectivity index (χ1n) is 14.6. The number of aromatic amines is 3. The smallest absolute Gasteiger partial charge is 0.295 e. The second-order valence-corrected chi connectivity index (χ2v) is 14.3. The zero-order valence-corrected chi connectivity index (χ0v) is 26.0. The number of hydrogen-bond donors (Lipinski definition) is 6. The number of aliphatic imine (C=N–C) groups is 2. The number of benzene rings is 3. The number of aromatic nitrogens is 3. The monoisotopic (exact) mass is 678 g/mol. The molecule has 0 radical (unpaired) electrons. The maximum Gasteiger partial charge on any atom is 0.295 e. The van der Waals surface area contributed by atoms with Crippen molar-refractivity contribution in [2.75, 3.05) is 0 Å². The summed E-state index contributed by atoms with van der Waals surface area (Å²) >= 11 is 0. The molecule has 5 heterocycles. The van der Waals surface area contributed by atoms with Crippen LogP contribution in [0.3, 0.4) is 0 Å². The molecule has 8 bridgehead atoms. The molecule has 0 amide bonds. The van der Waals surface area contributed by atoms with Gasteiger partial charge in [-0.1, -0.05) is 72.8 Å². The summed E-state index contributed by atoms with van der Waals surface area (Å²) in [4.78, 5) is 28.1. The molecule has 3 aliphatic rings. The van der Waals surface area contributed by atoms with Gasteiger partial charge < -0.3 is 20.3 Å². The van der Waals surface area contributed by atoms with E-state index in [4.69, 9.17) is 20.0 Å². The highest BCUT2D eigenvalue weighted by Gasteiger charge is 2.37. The van der Waals surface area contributed by atoms with E-state index < -0.39 is 30.0 Å². The van der Waals surface area contributed by atoms with E-state index in [0.29, 0.717) is 34.1 Å². The number of amidine groups is 2. The van der Waals surface area contributed by atoms with Crippen LogP contribution in [0.5, 0.6) is 0 Å². The second kappa shape index (κ2) is 9.91. The molecular formula is C32H22N8O6S2. The Balaban J connectivity index is 1.48. The molecule has 9 rings (SSSR count). The fraction of sp³-hybridized carbons (Fsp3) is 0.0625. The first kappa shape index (κ1) is 28.5. The van der Waals surface area contributed by atoms with Gasteiger partial charge in [0.1, 0.15) is 55.7 Å². The molecule has 3 aromatic carbocycles. The Morgan fingerprint density at radius 2 is 1.02 bits per heavy atom. The number of nitrogens with one attached hydrogen (secondary N) is 4. The van der Waals surface area contributed by atoms with E-state index in [1.807, 2.05) is 48.6 Å². The van der Waals surface area contributed by atoms with Crippen molar-refractivity contribution in [3.05, 3.63) is 95.9 Å². The minimum absolute atomic E-state index is 0.0158. The van der Waals surface area contributed by atoms with Crippen LogP contribution in [0.25, 0.3) is 32.3 Å². The summed E-state index contributed by atoms with van der Waals surface area (Å²) in [6.45, 7) is 0. The number of rotatable bonds is 2. The average Bonchev–Trinajstić information content (AvgIpc) is 3.79. The molecule has 0 saturated carbocycles. The molecule has 6 N–H and O–H groups in total. The Labute approximate surface area is 270 Å². The Morgan fingerprint density at radius 3 is 1.65 bits per heavy atom. The fourth-order valence-electron chi connectivity index (χ4n) is 6.62. The van der Waals surface area contributed by atoms with Gasteiger partial charge >= 0.3 is 0 Å². The number of allylic oxidation sites excluding steroid dienone is 2. The first-order valence-corrected chi connectivity index (χ1v) is 17.5. The molecule has 3 aromatic heterocycles. The standard InChI is InChI=1S/C32H22N8O6S2/c41-47(42,43)21-13-5-11-19-23(21)31-38-29(19)36-27-17-9-3-1-7-15(17)25(34-27)33-26-16-8-2-4-10-18(16)28(35-26)37-30-20-12-6-14-22(48(44,45)46)24(20)32(39-30)40-31/h1-15,17,35,38H,(H,33,34,36)(H,37,39,40)(H,41,42,43)(H,44,45,46)/t15-,17-/m1/s1. The van der Waals surface area contributed by atoms with E-state index in [0.717, 1.165) is 10.8 Å². The molecule has 48 heavy (non-hydrogen) atoms. The molecule has 6 aromatic rings. The van der Waals surface area contributed by atoms with Crippen LogP contribution in [-0.2, 0) is 20.2 Å². The highest BCUT2D eigenvalue weighted by Crippen LogP contribution is 2.40. The highest BCUT2D eigenvalue weighted by atomic mass is 32.2. The Hall–Kier alpha value is -5.68. The summed E-state index contributed by atoms with van der Waals surface area (Å²) in [5.41, 5.74) is 0.158. The topological polar surface area (TPSA) is 218 Å². The summed E-state index contributed by atoms with van der Waals surface area (Å²) in [6.07, 6.45) is 7.86. The predicted octanol–water partition coefficient (Wildman–Crippen LogP) is 4.56. The van der Waals surface area contributed by atoms with Crippen LogP contribution in [0.4, 0.5) is 23.3 Å². The van der Waals surface area contributed by atoms with Crippen molar-refractivity contribution in [3.63, 3.8) is 0 Å². The minimum atomic E-state index is -4.76. The van der Waals surface area contributed by atoms with Crippen molar-refractivity contribution in [2.24, 2.45) is 31.8 Å². The van der Waals surface area contributed by atoms with Crippen LogP contribution >= 0.6 is 0 Å². The van der Waals surface area contributed by atoms with Crippen LogP contribution in [0.15, 0.2) is 115 Å². The molecule has 14 nitrogen and oxygen atoms in total. The van der Waals surface area contributed by atoms with Crippen LogP contribution in [0, 0.1) is 11.8 Å². The molecule has 1 fully saturated rings. The lowest BCUT2D eigenvalue weighted by atomic mass is 9.90. The third-order valence-electron chi connectivity index (χ3n) is 8.67. The number of H-pyrrole nitrogens is 3. The zero-order chi connectivity index (χ0) is 32.9. The maximum absolute atomic E-state index is 12.6. The van der Waals surface area contributed by atoms with Gasteiger partial charge in [0.15, 0.2) is 0 Å². The largest absolute Gasteiger partial charge is 0.331 e. The van der Waals surface area contributed by atoms with Gasteiger partial charge in [0.25, 0.3) is 20.2 Å². The van der Waals surface area contributed by atoms with Crippen molar-refractivity contribution in [1.29, 1.82) is 0 Å². The lowest BCUT2D eigenvalue weighted by Crippen LogP contribution is -2.22. The summed E-state index contributed by atoms with van der Waals surface area (Å²) in [5, 5.41) is 5.59. The van der Waals surface area contributed by atoms with Gasteiger partial charge in [-0.05, 0) is 12.1 Å². The molecule has 1 aliphatic carbocycles. The fourth-order valence-corrected chi connectivity index (χ4v) is 8.05. The lowest BCUT2D eigenvalue weighted by Gasteiger charge is -2.13. The maximum atomic E-state index is 12.6. The SMILES string of the molecule is O=S(=O)(O)c1cccc2c3[nH]c(c12)N=c1[nH]c(c2cccc(S(=O)(=O)O)c12)=Nc1[nH]c(c2ccccc12)N=C1NC(=N3)[C@@H]2C=CC=C[C@@H]12. The molecule has 0 spiro atoms. The Bertz CT molecular complexity index is 2900. The molecule has 0 unspecified atom stereocenters. The van der Waals surface area contributed by atoms with Crippen molar-refractivity contribution >= 4 is 87.5 Å². The molecule has 238 valence electrons. The summed E-state index contributed by atoms with van der Waals surface area (Å²) in [5.74, 6) is 1.88. The van der Waals surface area contributed by atoms with Crippen molar-refractivity contribution in [2.45, 2.75) is 9.79 Å². The summed E-state index contributed by atoms with van der Waals surface area (Å²) in [6, 6.07) is 16.2. The zero-order valence-electron chi connectivity index (χ0n) is 24.4. The quantitative estimate of drug-likeness (QED) is 0.143. The van der Waals surface area contributed by atoms with Crippen molar-refractivity contribution in [3.8, 4) is 0 Å². The van der Waals surface area contributed by atoms with Gasteiger partial charge in [-0.2, -0.15) is 16.8 Å². The van der Waals surface area contributed by atoms with Crippen LogP contribution < -0.4 is 16.3 Å². The normalized spacial score (nSPS) is 18.7. The molecule has 2 aliphatic heterocycles. The molecular weight excluding hydrogens is 657 g/mol. The summed E-state index contributed by atoms with van der Waals surface area (Å²) < 4.78 is 70.9. The van der Waals surface area contributed by atoms with Gasteiger partial charge in [-0.25, -0.2) is 20.0 Å². The van der Waals surface area contributed by atoms with Gasteiger partial charge in [-0.15, -0.1) is 0 Å². The second-order valence-electron chi connectivity index (χ2n) is 11.5. The minimum Gasteiger partial charge on any atom is -0.331 e. The Morgan fingerprint density at radius 1 is 0.521 bits per heavy atom. The van der Waals surface area contributed by atoms with E-state index in [9.17, 15) is 25.9 Å². The van der Waals surface area contributed by atoms with Crippen LogP contribution in [0.2, 0.25) is 0 Å². The summed E-state index contributed by atoms with van der Waals surface area (Å²) in [7, 11) is -9.52. The Kier molecular flexibility index (Phi) is 5.89. The molecule has 16 heteroatoms. The third-order valence-corrected chi connectivity index (χ3v) is 10.5. The number of fused-ring (bicyclic) bond motifs is 20. The average molecular weight is 679 g/mol. The number of nitrogens with zero attached hydrogens (tertiary/aromatic N) is 4. The predicted molar refractivity (Wildman–Crippen MR) is 179 cm³/mol. The van der Waals surface area contributed by atoms with Gasteiger partial charge in [0.2, 0.25) is 0 Å². The van der Waals surface area contributed by atoms with E-state index in [1.54, 1.807) is 12.1 Å². The van der Waals surface area contributed by atoms with E-state index in [-0.39, 0.29) is 45.2 Å². The third kappa shape index (κ3) is 4.31. The molecule has 2 atom stereocenters. The molecule has 1 saturated heterocycles. The van der Waals surface area contributed by atoms with E-state index in [2.05, 4.69) is 20.3 Å². The van der Waals surface area contributed by atoms with Gasteiger partial charge in [0, 0.05) is 44.2 Å². The van der Waals surface area contributed by atoms with E-state index in [1.165, 1.54) is 24.3 Å². The van der Waals surface area contributed by atoms with E-state index >= 15 is 0 Å². The first-order chi connectivity index (χ1) is 23.0. The van der Waals surface area contributed by atoms with Crippen LogP contribution in [-0.4, -0.2) is 52.6 Å². The lowest BCUT2D eigenvalue weighted by molar-refractivity contribution is 0.482. The highest BCUT2D eigenvalue weighted by molar-refractivity contribution is 7.86. The number of hydrogen-bond acceptors (Lipinski definition) is 9. The van der Waals surface area contributed by atoms with Crippen LogP contribution in [0.1, 0.15) is 0 Å². The van der Waals surface area contributed by atoms with Crippen molar-refractivity contribution in [1.82, 2.24) is 20.3 Å². The van der Waals surface area contributed by atoms with Gasteiger partial charge in [0.05, 0.1) is 0 Å². The van der Waals surface area contributed by atoms with Gasteiger partial charge in [-0.3, -0.25) is 9.11 Å².